The third-order valence-corrected chi connectivity index (χ3v) is 2.42. The number of amides is 1. The summed E-state index contributed by atoms with van der Waals surface area (Å²) in [5, 5.41) is 6.19. The van der Waals surface area contributed by atoms with Gasteiger partial charge in [0.05, 0.1) is 12.0 Å². The number of nitrogens with one attached hydrogen (secondary N) is 2. The van der Waals surface area contributed by atoms with Crippen molar-refractivity contribution in [3.63, 3.8) is 0 Å². The van der Waals surface area contributed by atoms with E-state index in [1.54, 1.807) is 6.33 Å². The number of nitrogens with zero attached hydrogens (tertiary/aromatic N) is 2. The first-order valence-electron chi connectivity index (χ1n) is 6.50. The van der Waals surface area contributed by atoms with Crippen LogP contribution in [-0.4, -0.2) is 27.5 Å². The number of imidazole rings is 1. The van der Waals surface area contributed by atoms with Gasteiger partial charge in [-0.1, -0.05) is 13.8 Å². The molecule has 1 aromatic rings. The van der Waals surface area contributed by atoms with Crippen LogP contribution in [0.15, 0.2) is 12.5 Å². The second-order valence-electron chi connectivity index (χ2n) is 5.11. The van der Waals surface area contributed by atoms with Crippen LogP contribution in [-0.2, 0) is 17.9 Å². The Morgan fingerprint density at radius 3 is 2.67 bits per heavy atom. The highest BCUT2D eigenvalue weighted by Crippen LogP contribution is 1.98. The lowest BCUT2D eigenvalue weighted by Crippen LogP contribution is -2.30. The van der Waals surface area contributed by atoms with E-state index in [2.05, 4.69) is 29.5 Å². The van der Waals surface area contributed by atoms with Crippen molar-refractivity contribution in [3.8, 4) is 0 Å². The Kier molecular flexibility index (Phi) is 5.85. The molecule has 0 atom stereocenters. The predicted molar refractivity (Wildman–Crippen MR) is 72.1 cm³/mol. The molecular formula is C13H24N4O. The molecule has 0 bridgehead atoms. The summed E-state index contributed by atoms with van der Waals surface area (Å²) in [5.41, 5.74) is 1.01. The van der Waals surface area contributed by atoms with E-state index in [1.807, 2.05) is 24.6 Å². The molecule has 0 saturated heterocycles. The first-order chi connectivity index (χ1) is 8.47. The van der Waals surface area contributed by atoms with Crippen LogP contribution in [0.3, 0.4) is 0 Å². The zero-order chi connectivity index (χ0) is 13.5. The Morgan fingerprint density at radius 1 is 1.33 bits per heavy atom. The summed E-state index contributed by atoms with van der Waals surface area (Å²) in [4.78, 5) is 15.8. The molecule has 0 saturated carbocycles. The molecule has 1 rings (SSSR count). The van der Waals surface area contributed by atoms with E-state index in [9.17, 15) is 4.79 Å². The van der Waals surface area contributed by atoms with E-state index in [-0.39, 0.29) is 11.9 Å². The van der Waals surface area contributed by atoms with Crippen molar-refractivity contribution in [2.75, 3.05) is 0 Å². The highest BCUT2D eigenvalue weighted by atomic mass is 16.1. The summed E-state index contributed by atoms with van der Waals surface area (Å²) >= 11 is 0. The normalized spacial score (nSPS) is 11.2. The minimum atomic E-state index is 0.0838. The number of hydrogen-bond acceptors (Lipinski definition) is 3. The number of carbonyl (C=O) groups is 1. The molecule has 0 aliphatic carbocycles. The fourth-order valence-corrected chi connectivity index (χ4v) is 1.55. The lowest BCUT2D eigenvalue weighted by atomic mass is 10.3. The molecule has 1 aromatic heterocycles. The zero-order valence-corrected chi connectivity index (χ0v) is 11.7. The SMILES string of the molecule is CC(C)NCc1cn(CCC(=O)NC(C)C)cn1. The maximum absolute atomic E-state index is 11.5. The van der Waals surface area contributed by atoms with Gasteiger partial charge in [0.25, 0.3) is 0 Å². The fraction of sp³-hybridized carbons (Fsp3) is 0.692. The zero-order valence-electron chi connectivity index (χ0n) is 11.7. The molecular weight excluding hydrogens is 228 g/mol. The van der Waals surface area contributed by atoms with Gasteiger partial charge in [0.2, 0.25) is 5.91 Å². The number of aromatic nitrogens is 2. The van der Waals surface area contributed by atoms with Crippen LogP contribution in [0.2, 0.25) is 0 Å². The molecule has 0 aliphatic rings. The van der Waals surface area contributed by atoms with Crippen molar-refractivity contribution >= 4 is 5.91 Å². The van der Waals surface area contributed by atoms with Crippen molar-refractivity contribution in [1.29, 1.82) is 0 Å². The highest BCUT2D eigenvalue weighted by molar-refractivity contribution is 5.76. The molecule has 18 heavy (non-hydrogen) atoms. The van der Waals surface area contributed by atoms with E-state index in [0.717, 1.165) is 12.2 Å². The smallest absolute Gasteiger partial charge is 0.221 e. The van der Waals surface area contributed by atoms with Gasteiger partial charge in [-0.25, -0.2) is 4.98 Å². The second kappa shape index (κ2) is 7.16. The quantitative estimate of drug-likeness (QED) is 0.769. The summed E-state index contributed by atoms with van der Waals surface area (Å²) in [6, 6.07) is 0.651. The van der Waals surface area contributed by atoms with E-state index in [4.69, 9.17) is 0 Å². The number of carbonyl (C=O) groups excluding carboxylic acids is 1. The summed E-state index contributed by atoms with van der Waals surface area (Å²) in [5.74, 6) is 0.0838. The topological polar surface area (TPSA) is 59.0 Å². The van der Waals surface area contributed by atoms with Gasteiger partial charge >= 0.3 is 0 Å². The Labute approximate surface area is 109 Å². The Hall–Kier alpha value is -1.36. The molecule has 5 nitrogen and oxygen atoms in total. The number of aryl methyl sites for hydroxylation is 1. The summed E-state index contributed by atoms with van der Waals surface area (Å²) in [6.45, 7) is 9.58. The van der Waals surface area contributed by atoms with Gasteiger partial charge in [0.15, 0.2) is 0 Å². The summed E-state index contributed by atoms with van der Waals surface area (Å²) < 4.78 is 1.96. The molecule has 0 radical (unpaired) electrons. The summed E-state index contributed by atoms with van der Waals surface area (Å²) in [6.07, 6.45) is 4.25. The van der Waals surface area contributed by atoms with Gasteiger partial charge in [0.1, 0.15) is 0 Å². The van der Waals surface area contributed by atoms with Crippen LogP contribution in [0.5, 0.6) is 0 Å². The average Bonchev–Trinajstić information content (AvgIpc) is 2.70. The molecule has 1 amide bonds. The molecule has 102 valence electrons. The lowest BCUT2D eigenvalue weighted by molar-refractivity contribution is -0.121. The second-order valence-corrected chi connectivity index (χ2v) is 5.11. The van der Waals surface area contributed by atoms with Crippen LogP contribution in [0.1, 0.15) is 39.8 Å². The Morgan fingerprint density at radius 2 is 2.06 bits per heavy atom. The molecule has 0 fully saturated rings. The first-order valence-corrected chi connectivity index (χ1v) is 6.50. The van der Waals surface area contributed by atoms with Gasteiger partial charge in [-0.05, 0) is 13.8 Å². The van der Waals surface area contributed by atoms with Crippen LogP contribution in [0.25, 0.3) is 0 Å². The van der Waals surface area contributed by atoms with Crippen LogP contribution in [0, 0.1) is 0 Å². The first kappa shape index (κ1) is 14.7. The standard InChI is InChI=1S/C13H24N4O/c1-10(2)14-7-12-8-17(9-15-12)6-5-13(18)16-11(3)4/h8-11,14H,5-7H2,1-4H3,(H,16,18). The number of hydrogen-bond donors (Lipinski definition) is 2. The van der Waals surface area contributed by atoms with Gasteiger partial charge in [-0.3, -0.25) is 4.79 Å². The van der Waals surface area contributed by atoms with Crippen LogP contribution < -0.4 is 10.6 Å². The lowest BCUT2D eigenvalue weighted by Gasteiger charge is -2.08. The third-order valence-electron chi connectivity index (χ3n) is 2.42. The molecule has 0 aliphatic heterocycles. The minimum Gasteiger partial charge on any atom is -0.354 e. The Bertz CT molecular complexity index is 371. The molecule has 0 unspecified atom stereocenters. The minimum absolute atomic E-state index is 0.0838. The monoisotopic (exact) mass is 252 g/mol. The van der Waals surface area contributed by atoms with Gasteiger partial charge < -0.3 is 15.2 Å². The average molecular weight is 252 g/mol. The van der Waals surface area contributed by atoms with Crippen molar-refractivity contribution in [1.82, 2.24) is 20.2 Å². The molecule has 0 aromatic carbocycles. The van der Waals surface area contributed by atoms with Crippen molar-refractivity contribution in [3.05, 3.63) is 18.2 Å². The predicted octanol–water partition coefficient (Wildman–Crippen LogP) is 1.30. The van der Waals surface area contributed by atoms with E-state index in [1.165, 1.54) is 0 Å². The molecule has 5 heteroatoms. The van der Waals surface area contributed by atoms with E-state index < -0.39 is 0 Å². The maximum atomic E-state index is 11.5. The van der Waals surface area contributed by atoms with Gasteiger partial charge in [0, 0.05) is 37.8 Å². The van der Waals surface area contributed by atoms with Crippen LogP contribution >= 0.6 is 0 Å². The number of rotatable bonds is 7. The third kappa shape index (κ3) is 5.82. The molecule has 1 heterocycles. The van der Waals surface area contributed by atoms with E-state index in [0.29, 0.717) is 19.0 Å². The largest absolute Gasteiger partial charge is 0.354 e. The Balaban J connectivity index is 2.33. The highest BCUT2D eigenvalue weighted by Gasteiger charge is 2.04. The van der Waals surface area contributed by atoms with Crippen molar-refractivity contribution in [2.45, 2.75) is 59.3 Å². The van der Waals surface area contributed by atoms with Gasteiger partial charge in [-0.2, -0.15) is 0 Å². The van der Waals surface area contributed by atoms with Gasteiger partial charge in [-0.15, -0.1) is 0 Å². The maximum Gasteiger partial charge on any atom is 0.221 e. The summed E-state index contributed by atoms with van der Waals surface area (Å²) in [7, 11) is 0. The molecule has 0 spiro atoms. The fourth-order valence-electron chi connectivity index (χ4n) is 1.55. The van der Waals surface area contributed by atoms with Crippen molar-refractivity contribution in [2.24, 2.45) is 0 Å². The van der Waals surface area contributed by atoms with Crippen molar-refractivity contribution < 1.29 is 4.79 Å². The molecule has 2 N–H and O–H groups in total. The van der Waals surface area contributed by atoms with E-state index >= 15 is 0 Å². The van der Waals surface area contributed by atoms with Crippen LogP contribution in [0.4, 0.5) is 0 Å².